The van der Waals surface area contributed by atoms with Crippen LogP contribution in [0.4, 0.5) is 0 Å². The number of aromatic hydroxyl groups is 1. The summed E-state index contributed by atoms with van der Waals surface area (Å²) in [5.74, 6) is 0.326. The zero-order valence-corrected chi connectivity index (χ0v) is 11.3. The van der Waals surface area contributed by atoms with Crippen molar-refractivity contribution in [3.8, 4) is 5.75 Å². The maximum Gasteiger partial charge on any atom is 0.119 e. The largest absolute Gasteiger partial charge is 0.508 e. The molecule has 0 spiro atoms. The first kappa shape index (κ1) is 11.6. The highest BCUT2D eigenvalue weighted by Crippen LogP contribution is 2.37. The fourth-order valence-electron chi connectivity index (χ4n) is 1.61. The maximum atomic E-state index is 9.83. The quantitative estimate of drug-likeness (QED) is 0.826. The molecule has 0 radical (unpaired) electrons. The van der Waals surface area contributed by atoms with Crippen LogP contribution >= 0.6 is 25.2 Å². The van der Waals surface area contributed by atoms with Crippen molar-refractivity contribution in [3.63, 3.8) is 0 Å². The van der Waals surface area contributed by atoms with Crippen molar-refractivity contribution < 1.29 is 5.11 Å². The molecule has 0 aromatic heterocycles. The Kier molecular flexibility index (Phi) is 3.63. The van der Waals surface area contributed by atoms with Crippen LogP contribution in [0.5, 0.6) is 5.75 Å². The van der Waals surface area contributed by atoms with Crippen LogP contribution in [0, 0.1) is 0 Å². The Morgan fingerprint density at radius 1 is 1.06 bits per heavy atom. The van der Waals surface area contributed by atoms with Crippen molar-refractivity contribution in [1.82, 2.24) is 0 Å². The average Bonchev–Trinajstić information content (AvgIpc) is 2.32. The number of halogens is 1. The summed E-state index contributed by atoms with van der Waals surface area (Å²) in [5, 5.41) is 9.83. The second-order valence-electron chi connectivity index (χ2n) is 3.59. The van der Waals surface area contributed by atoms with Gasteiger partial charge in [-0.2, -0.15) is 0 Å². The highest BCUT2D eigenvalue weighted by Gasteiger charge is 2.12. The van der Waals surface area contributed by atoms with E-state index in [4.69, 9.17) is 0 Å². The molecule has 0 heterocycles. The van der Waals surface area contributed by atoms with Crippen molar-refractivity contribution in [2.45, 2.75) is 5.66 Å². The van der Waals surface area contributed by atoms with E-state index in [-0.39, 0.29) is 5.66 Å². The van der Waals surface area contributed by atoms with E-state index in [1.807, 2.05) is 30.3 Å². The van der Waals surface area contributed by atoms with Crippen LogP contribution in [0.15, 0.2) is 53.0 Å². The van der Waals surface area contributed by atoms with Gasteiger partial charge >= 0.3 is 0 Å². The molecule has 0 saturated carbocycles. The number of rotatable bonds is 2. The lowest BCUT2D eigenvalue weighted by Crippen LogP contribution is -1.92. The van der Waals surface area contributed by atoms with Gasteiger partial charge in [0.25, 0.3) is 0 Å². The SMILES string of the molecule is Oc1ccc(Br)cc1C(P)c1ccccc1. The molecular weight excluding hydrogens is 283 g/mol. The molecule has 0 fully saturated rings. The Hall–Kier alpha value is -0.850. The van der Waals surface area contributed by atoms with Gasteiger partial charge in [0.05, 0.1) is 0 Å². The second-order valence-corrected chi connectivity index (χ2v) is 5.17. The zero-order chi connectivity index (χ0) is 11.5. The molecule has 2 atom stereocenters. The molecular formula is C13H12BrOP. The molecule has 16 heavy (non-hydrogen) atoms. The van der Waals surface area contributed by atoms with Gasteiger partial charge in [0, 0.05) is 15.7 Å². The molecule has 0 aliphatic rings. The molecule has 0 aliphatic heterocycles. The van der Waals surface area contributed by atoms with Gasteiger partial charge in [-0.1, -0.05) is 46.3 Å². The van der Waals surface area contributed by atoms with Gasteiger partial charge in [0.15, 0.2) is 0 Å². The summed E-state index contributed by atoms with van der Waals surface area (Å²) in [4.78, 5) is 0. The van der Waals surface area contributed by atoms with Crippen LogP contribution in [-0.2, 0) is 0 Å². The molecule has 2 aromatic rings. The van der Waals surface area contributed by atoms with Crippen molar-refractivity contribution in [1.29, 1.82) is 0 Å². The normalized spacial score (nSPS) is 12.4. The van der Waals surface area contributed by atoms with Gasteiger partial charge in [-0.05, 0) is 23.8 Å². The third-order valence-electron chi connectivity index (χ3n) is 2.48. The van der Waals surface area contributed by atoms with Crippen LogP contribution in [0.2, 0.25) is 0 Å². The van der Waals surface area contributed by atoms with Crippen LogP contribution in [0.1, 0.15) is 16.8 Å². The van der Waals surface area contributed by atoms with Gasteiger partial charge in [0.2, 0.25) is 0 Å². The minimum atomic E-state index is 0.110. The lowest BCUT2D eigenvalue weighted by molar-refractivity contribution is 0.469. The Balaban J connectivity index is 2.41. The average molecular weight is 295 g/mol. The van der Waals surface area contributed by atoms with E-state index in [2.05, 4.69) is 37.3 Å². The number of benzene rings is 2. The molecule has 0 amide bonds. The Morgan fingerprint density at radius 2 is 1.75 bits per heavy atom. The van der Waals surface area contributed by atoms with E-state index >= 15 is 0 Å². The van der Waals surface area contributed by atoms with Crippen molar-refractivity contribution >= 4 is 25.2 Å². The van der Waals surface area contributed by atoms with E-state index in [0.717, 1.165) is 10.0 Å². The Morgan fingerprint density at radius 3 is 2.44 bits per heavy atom. The lowest BCUT2D eigenvalue weighted by Gasteiger charge is -2.14. The molecule has 2 aromatic carbocycles. The molecule has 0 bridgehead atoms. The van der Waals surface area contributed by atoms with Gasteiger partial charge < -0.3 is 5.11 Å². The monoisotopic (exact) mass is 294 g/mol. The second kappa shape index (κ2) is 4.99. The van der Waals surface area contributed by atoms with E-state index in [1.165, 1.54) is 5.56 Å². The molecule has 0 aliphatic carbocycles. The first-order valence-corrected chi connectivity index (χ1v) is 6.43. The summed E-state index contributed by atoms with van der Waals surface area (Å²) < 4.78 is 0.976. The molecule has 1 nitrogen and oxygen atoms in total. The van der Waals surface area contributed by atoms with E-state index in [9.17, 15) is 5.11 Å². The number of phenolic OH excluding ortho intramolecular Hbond substituents is 1. The highest BCUT2D eigenvalue weighted by atomic mass is 79.9. The smallest absolute Gasteiger partial charge is 0.119 e. The number of hydrogen-bond donors (Lipinski definition) is 1. The van der Waals surface area contributed by atoms with Crippen molar-refractivity contribution in [2.75, 3.05) is 0 Å². The van der Waals surface area contributed by atoms with Crippen LogP contribution in [-0.4, -0.2) is 5.11 Å². The summed E-state index contributed by atoms with van der Waals surface area (Å²) in [6, 6.07) is 15.6. The van der Waals surface area contributed by atoms with Gasteiger partial charge in [0.1, 0.15) is 5.75 Å². The van der Waals surface area contributed by atoms with Gasteiger partial charge in [-0.15, -0.1) is 9.24 Å². The summed E-state index contributed by atoms with van der Waals surface area (Å²) in [6.07, 6.45) is 0. The molecule has 2 unspecified atom stereocenters. The fourth-order valence-corrected chi connectivity index (χ4v) is 2.48. The fraction of sp³-hybridized carbons (Fsp3) is 0.0769. The van der Waals surface area contributed by atoms with Crippen LogP contribution in [0.25, 0.3) is 0 Å². The third kappa shape index (κ3) is 2.45. The van der Waals surface area contributed by atoms with Gasteiger partial charge in [-0.25, -0.2) is 0 Å². The minimum absolute atomic E-state index is 0.110. The standard InChI is InChI=1S/C13H12BrOP/c14-10-6-7-12(15)11(8-10)13(16)9-4-2-1-3-5-9/h1-8,13,15H,16H2. The van der Waals surface area contributed by atoms with Crippen molar-refractivity contribution in [3.05, 3.63) is 64.1 Å². The number of phenols is 1. The molecule has 0 saturated heterocycles. The van der Waals surface area contributed by atoms with Gasteiger partial charge in [-0.3, -0.25) is 0 Å². The topological polar surface area (TPSA) is 20.2 Å². The Bertz CT molecular complexity index is 485. The lowest BCUT2D eigenvalue weighted by atomic mass is 10.0. The molecule has 82 valence electrons. The maximum absolute atomic E-state index is 9.83. The predicted octanol–water partition coefficient (Wildman–Crippen LogP) is 4.12. The summed E-state index contributed by atoms with van der Waals surface area (Å²) >= 11 is 3.42. The highest BCUT2D eigenvalue weighted by molar-refractivity contribution is 9.10. The third-order valence-corrected chi connectivity index (χ3v) is 3.72. The van der Waals surface area contributed by atoms with Crippen molar-refractivity contribution in [2.24, 2.45) is 0 Å². The first-order valence-electron chi connectivity index (χ1n) is 4.97. The molecule has 2 rings (SSSR count). The summed E-state index contributed by atoms with van der Waals surface area (Å²) in [7, 11) is 2.76. The van der Waals surface area contributed by atoms with E-state index < -0.39 is 0 Å². The van der Waals surface area contributed by atoms with E-state index in [0.29, 0.717) is 5.75 Å². The zero-order valence-electron chi connectivity index (χ0n) is 8.60. The van der Waals surface area contributed by atoms with Crippen LogP contribution in [0.3, 0.4) is 0 Å². The van der Waals surface area contributed by atoms with Crippen LogP contribution < -0.4 is 0 Å². The van der Waals surface area contributed by atoms with E-state index in [1.54, 1.807) is 6.07 Å². The molecule has 3 heteroatoms. The summed E-state index contributed by atoms with van der Waals surface area (Å²) in [5.41, 5.74) is 2.19. The summed E-state index contributed by atoms with van der Waals surface area (Å²) in [6.45, 7) is 0. The predicted molar refractivity (Wildman–Crippen MR) is 73.8 cm³/mol. The Labute approximate surface area is 106 Å². The molecule has 1 N–H and O–H groups in total. The number of hydrogen-bond acceptors (Lipinski definition) is 1. The first-order chi connectivity index (χ1) is 7.68. The minimum Gasteiger partial charge on any atom is -0.508 e.